The molecule has 23 heavy (non-hydrogen) atoms. The van der Waals surface area contributed by atoms with Gasteiger partial charge in [0, 0.05) is 12.5 Å². The van der Waals surface area contributed by atoms with E-state index >= 15 is 0 Å². The minimum Gasteiger partial charge on any atom is -0.488 e. The molecule has 3 atom stereocenters. The molecule has 1 saturated heterocycles. The van der Waals surface area contributed by atoms with E-state index in [-0.39, 0.29) is 18.1 Å². The van der Waals surface area contributed by atoms with Crippen molar-refractivity contribution in [3.63, 3.8) is 0 Å². The molecule has 0 radical (unpaired) electrons. The van der Waals surface area contributed by atoms with E-state index in [2.05, 4.69) is 16.3 Å². The van der Waals surface area contributed by atoms with Gasteiger partial charge in [-0.05, 0) is 37.9 Å². The Morgan fingerprint density at radius 3 is 3.04 bits per heavy atom. The molecule has 126 valence electrons. The van der Waals surface area contributed by atoms with E-state index in [4.69, 9.17) is 4.74 Å². The van der Waals surface area contributed by atoms with Crippen LogP contribution in [-0.4, -0.2) is 53.8 Å². The molecule has 2 N–H and O–H groups in total. The average Bonchev–Trinajstić information content (AvgIpc) is 2.96. The summed E-state index contributed by atoms with van der Waals surface area (Å²) in [5, 5.41) is 12.8. The smallest absolute Gasteiger partial charge is 0.234 e. The molecule has 5 nitrogen and oxygen atoms in total. The summed E-state index contributed by atoms with van der Waals surface area (Å²) < 4.78 is 5.84. The number of piperidine rings is 1. The van der Waals surface area contributed by atoms with Crippen LogP contribution in [0.4, 0.5) is 0 Å². The Morgan fingerprint density at radius 1 is 1.43 bits per heavy atom. The summed E-state index contributed by atoms with van der Waals surface area (Å²) in [6.45, 7) is 3.58. The number of carbonyl (C=O) groups is 1. The van der Waals surface area contributed by atoms with Crippen LogP contribution in [0, 0.1) is 0 Å². The summed E-state index contributed by atoms with van der Waals surface area (Å²) in [4.78, 5) is 14.3. The fraction of sp³-hybridized carbons (Fsp3) is 0.611. The third-order valence-electron chi connectivity index (χ3n) is 4.81. The van der Waals surface area contributed by atoms with E-state index in [0.29, 0.717) is 13.1 Å². The molecule has 0 saturated carbocycles. The van der Waals surface area contributed by atoms with E-state index < -0.39 is 6.10 Å². The molecule has 1 amide bonds. The maximum Gasteiger partial charge on any atom is 0.234 e. The van der Waals surface area contributed by atoms with Gasteiger partial charge in [0.25, 0.3) is 0 Å². The number of hydrogen-bond acceptors (Lipinski definition) is 4. The van der Waals surface area contributed by atoms with Crippen molar-refractivity contribution in [2.45, 2.75) is 50.9 Å². The summed E-state index contributed by atoms with van der Waals surface area (Å²) in [6.07, 6.45) is 3.66. The molecule has 5 heteroatoms. The Labute approximate surface area is 137 Å². The van der Waals surface area contributed by atoms with Gasteiger partial charge in [-0.15, -0.1) is 0 Å². The minimum atomic E-state index is -0.393. The number of carbonyl (C=O) groups excluding carboxylic acids is 1. The molecule has 0 bridgehead atoms. The number of ether oxygens (including phenoxy) is 1. The quantitative estimate of drug-likeness (QED) is 0.860. The van der Waals surface area contributed by atoms with Gasteiger partial charge in [-0.3, -0.25) is 9.69 Å². The van der Waals surface area contributed by atoms with Crippen LogP contribution in [0.2, 0.25) is 0 Å². The Balaban J connectivity index is 1.45. The van der Waals surface area contributed by atoms with Gasteiger partial charge in [0.1, 0.15) is 11.9 Å². The lowest BCUT2D eigenvalue weighted by Crippen LogP contribution is -2.50. The number of para-hydroxylation sites is 1. The van der Waals surface area contributed by atoms with Crippen molar-refractivity contribution >= 4 is 5.91 Å². The summed E-state index contributed by atoms with van der Waals surface area (Å²) in [7, 11) is 0. The number of aliphatic hydroxyl groups excluding tert-OH is 1. The first-order valence-electron chi connectivity index (χ1n) is 8.57. The SMILES string of the molecule is CC(O)C1CCCCN1CC(=O)NCC1Cc2ccccc2O1. The zero-order chi connectivity index (χ0) is 16.2. The summed E-state index contributed by atoms with van der Waals surface area (Å²) in [5.74, 6) is 0.939. The first-order chi connectivity index (χ1) is 11.1. The van der Waals surface area contributed by atoms with Crippen molar-refractivity contribution in [1.29, 1.82) is 0 Å². The Kier molecular flexibility index (Phi) is 5.18. The minimum absolute atomic E-state index is 0.0112. The number of likely N-dealkylation sites (tertiary alicyclic amines) is 1. The highest BCUT2D eigenvalue weighted by atomic mass is 16.5. The molecule has 2 aliphatic heterocycles. The third kappa shape index (κ3) is 4.03. The average molecular weight is 318 g/mol. The lowest BCUT2D eigenvalue weighted by molar-refractivity contribution is -0.124. The van der Waals surface area contributed by atoms with Crippen LogP contribution in [0.15, 0.2) is 24.3 Å². The number of amides is 1. The maximum absolute atomic E-state index is 12.2. The highest BCUT2D eigenvalue weighted by Gasteiger charge is 2.28. The summed E-state index contributed by atoms with van der Waals surface area (Å²) in [5.41, 5.74) is 1.21. The van der Waals surface area contributed by atoms with E-state index in [1.807, 2.05) is 25.1 Å². The van der Waals surface area contributed by atoms with Crippen molar-refractivity contribution in [2.75, 3.05) is 19.6 Å². The number of benzene rings is 1. The number of fused-ring (bicyclic) bond motifs is 1. The van der Waals surface area contributed by atoms with E-state index in [0.717, 1.165) is 38.0 Å². The van der Waals surface area contributed by atoms with Crippen LogP contribution < -0.4 is 10.1 Å². The van der Waals surface area contributed by atoms with E-state index in [1.165, 1.54) is 5.56 Å². The van der Waals surface area contributed by atoms with E-state index in [1.54, 1.807) is 0 Å². The monoisotopic (exact) mass is 318 g/mol. The number of nitrogens with one attached hydrogen (secondary N) is 1. The topological polar surface area (TPSA) is 61.8 Å². The maximum atomic E-state index is 12.2. The number of hydrogen-bond donors (Lipinski definition) is 2. The molecule has 3 unspecified atom stereocenters. The first kappa shape index (κ1) is 16.3. The molecule has 0 aromatic heterocycles. The van der Waals surface area contributed by atoms with Crippen LogP contribution in [-0.2, 0) is 11.2 Å². The van der Waals surface area contributed by atoms with Crippen molar-refractivity contribution in [1.82, 2.24) is 10.2 Å². The number of aliphatic hydroxyl groups is 1. The zero-order valence-corrected chi connectivity index (χ0v) is 13.7. The normalized spacial score (nSPS) is 25.5. The van der Waals surface area contributed by atoms with Gasteiger partial charge in [-0.25, -0.2) is 0 Å². The fourth-order valence-corrected chi connectivity index (χ4v) is 3.60. The molecule has 0 spiro atoms. The van der Waals surface area contributed by atoms with Gasteiger partial charge in [-0.1, -0.05) is 24.6 Å². The van der Waals surface area contributed by atoms with Crippen LogP contribution in [0.5, 0.6) is 5.75 Å². The highest BCUT2D eigenvalue weighted by molar-refractivity contribution is 5.78. The lowest BCUT2D eigenvalue weighted by Gasteiger charge is -2.36. The van der Waals surface area contributed by atoms with Crippen molar-refractivity contribution < 1.29 is 14.6 Å². The van der Waals surface area contributed by atoms with Crippen LogP contribution in [0.25, 0.3) is 0 Å². The van der Waals surface area contributed by atoms with Crippen molar-refractivity contribution in [2.24, 2.45) is 0 Å². The second-order valence-electron chi connectivity index (χ2n) is 6.63. The molecular weight excluding hydrogens is 292 g/mol. The van der Waals surface area contributed by atoms with Gasteiger partial charge in [-0.2, -0.15) is 0 Å². The standard InChI is InChI=1S/C18H26N2O3/c1-13(21)16-7-4-5-9-20(16)12-18(22)19-11-15-10-14-6-2-3-8-17(14)23-15/h2-3,6,8,13,15-16,21H,4-5,7,9-12H2,1H3,(H,19,22). The Hall–Kier alpha value is -1.59. The molecule has 2 heterocycles. The largest absolute Gasteiger partial charge is 0.488 e. The fourth-order valence-electron chi connectivity index (χ4n) is 3.60. The molecular formula is C18H26N2O3. The number of nitrogens with zero attached hydrogens (tertiary/aromatic N) is 1. The second-order valence-corrected chi connectivity index (χ2v) is 6.63. The molecule has 0 aliphatic carbocycles. The van der Waals surface area contributed by atoms with Gasteiger partial charge in [0.15, 0.2) is 0 Å². The second kappa shape index (κ2) is 7.32. The summed E-state index contributed by atoms with van der Waals surface area (Å²) in [6, 6.07) is 8.11. The molecule has 2 aliphatic rings. The molecule has 1 aromatic rings. The third-order valence-corrected chi connectivity index (χ3v) is 4.81. The summed E-state index contributed by atoms with van der Waals surface area (Å²) >= 11 is 0. The number of rotatable bonds is 5. The Bertz CT molecular complexity index is 522. The van der Waals surface area contributed by atoms with Crippen LogP contribution in [0.3, 0.4) is 0 Å². The Morgan fingerprint density at radius 2 is 2.26 bits per heavy atom. The van der Waals surface area contributed by atoms with Crippen molar-refractivity contribution in [3.05, 3.63) is 29.8 Å². The van der Waals surface area contributed by atoms with Crippen LogP contribution >= 0.6 is 0 Å². The van der Waals surface area contributed by atoms with Gasteiger partial charge < -0.3 is 15.2 Å². The van der Waals surface area contributed by atoms with Crippen LogP contribution in [0.1, 0.15) is 31.7 Å². The molecule has 1 aromatic carbocycles. The van der Waals surface area contributed by atoms with Gasteiger partial charge >= 0.3 is 0 Å². The van der Waals surface area contributed by atoms with Gasteiger partial charge in [0.2, 0.25) is 5.91 Å². The predicted molar refractivity (Wildman–Crippen MR) is 88.5 cm³/mol. The molecule has 1 fully saturated rings. The highest BCUT2D eigenvalue weighted by Crippen LogP contribution is 2.27. The predicted octanol–water partition coefficient (Wildman–Crippen LogP) is 1.34. The lowest BCUT2D eigenvalue weighted by atomic mass is 9.98. The van der Waals surface area contributed by atoms with Gasteiger partial charge in [0.05, 0.1) is 19.2 Å². The molecule has 3 rings (SSSR count). The first-order valence-corrected chi connectivity index (χ1v) is 8.57. The zero-order valence-electron chi connectivity index (χ0n) is 13.7. The van der Waals surface area contributed by atoms with E-state index in [9.17, 15) is 9.90 Å². The van der Waals surface area contributed by atoms with Crippen molar-refractivity contribution in [3.8, 4) is 5.75 Å².